The van der Waals surface area contributed by atoms with Crippen LogP contribution in [0.4, 0.5) is 0 Å². The predicted molar refractivity (Wildman–Crippen MR) is 47.4 cm³/mol. The van der Waals surface area contributed by atoms with E-state index in [4.69, 9.17) is 11.6 Å². The number of H-pyrrole nitrogens is 1. The van der Waals surface area contributed by atoms with Crippen LogP contribution in [0, 0.1) is 0 Å². The molecule has 0 fully saturated rings. The van der Waals surface area contributed by atoms with Crippen molar-refractivity contribution in [3.05, 3.63) is 39.9 Å². The van der Waals surface area contributed by atoms with Crippen LogP contribution >= 0.6 is 11.6 Å². The molecule has 3 nitrogen and oxygen atoms in total. The van der Waals surface area contributed by atoms with Gasteiger partial charge in [-0.05, 0) is 12.1 Å². The molecule has 0 spiro atoms. The Morgan fingerprint density at radius 2 is 2.33 bits per heavy atom. The van der Waals surface area contributed by atoms with E-state index in [9.17, 15) is 4.79 Å². The molecule has 2 rings (SSSR count). The molecular formula is C8H5ClN2O. The highest BCUT2D eigenvalue weighted by Crippen LogP contribution is 2.11. The Hall–Kier alpha value is -1.35. The van der Waals surface area contributed by atoms with Gasteiger partial charge in [0.15, 0.2) is 0 Å². The molecular weight excluding hydrogens is 176 g/mol. The summed E-state index contributed by atoms with van der Waals surface area (Å²) >= 11 is 5.68. The van der Waals surface area contributed by atoms with Crippen LogP contribution in [0.25, 0.3) is 10.9 Å². The molecule has 0 bridgehead atoms. The van der Waals surface area contributed by atoms with Gasteiger partial charge in [0.05, 0.1) is 15.9 Å². The Morgan fingerprint density at radius 1 is 1.50 bits per heavy atom. The summed E-state index contributed by atoms with van der Waals surface area (Å²) in [6.45, 7) is 0. The lowest BCUT2D eigenvalue weighted by Crippen LogP contribution is -2.04. The number of nitrogens with zero attached hydrogens (tertiary/aromatic N) is 1. The van der Waals surface area contributed by atoms with Crippen LogP contribution in [0.15, 0.2) is 29.3 Å². The third-order valence-electron chi connectivity index (χ3n) is 1.59. The molecule has 0 amide bonds. The lowest BCUT2D eigenvalue weighted by molar-refractivity contribution is 1.26. The summed E-state index contributed by atoms with van der Waals surface area (Å²) in [5.74, 6) is 0. The highest BCUT2D eigenvalue weighted by molar-refractivity contribution is 6.31. The molecule has 12 heavy (non-hydrogen) atoms. The first-order valence-corrected chi connectivity index (χ1v) is 3.78. The van der Waals surface area contributed by atoms with E-state index in [-0.39, 0.29) is 5.56 Å². The SMILES string of the molecule is O=c1[nH]ccc2ncc(Cl)cc12. The molecule has 1 N–H and O–H groups in total. The number of hydrogen-bond acceptors (Lipinski definition) is 2. The third-order valence-corrected chi connectivity index (χ3v) is 1.79. The molecule has 0 unspecified atom stereocenters. The van der Waals surface area contributed by atoms with Crippen molar-refractivity contribution in [1.29, 1.82) is 0 Å². The van der Waals surface area contributed by atoms with E-state index in [0.717, 1.165) is 0 Å². The number of hydrogen-bond donors (Lipinski definition) is 1. The fourth-order valence-corrected chi connectivity index (χ4v) is 1.20. The van der Waals surface area contributed by atoms with Crippen molar-refractivity contribution in [2.24, 2.45) is 0 Å². The normalized spacial score (nSPS) is 10.4. The highest BCUT2D eigenvalue weighted by atomic mass is 35.5. The van der Waals surface area contributed by atoms with Crippen molar-refractivity contribution < 1.29 is 0 Å². The molecule has 0 saturated carbocycles. The van der Waals surface area contributed by atoms with E-state index in [0.29, 0.717) is 15.9 Å². The number of rotatable bonds is 0. The maximum Gasteiger partial charge on any atom is 0.257 e. The smallest absolute Gasteiger partial charge is 0.257 e. The largest absolute Gasteiger partial charge is 0.328 e. The van der Waals surface area contributed by atoms with Crippen LogP contribution < -0.4 is 5.56 Å². The van der Waals surface area contributed by atoms with Gasteiger partial charge in [0.25, 0.3) is 5.56 Å². The Morgan fingerprint density at radius 3 is 3.17 bits per heavy atom. The number of pyridine rings is 2. The summed E-state index contributed by atoms with van der Waals surface area (Å²) in [6.07, 6.45) is 3.08. The van der Waals surface area contributed by atoms with Gasteiger partial charge >= 0.3 is 0 Å². The van der Waals surface area contributed by atoms with Gasteiger partial charge in [0, 0.05) is 12.4 Å². The number of fused-ring (bicyclic) bond motifs is 1. The van der Waals surface area contributed by atoms with Gasteiger partial charge in [0.2, 0.25) is 0 Å². The van der Waals surface area contributed by atoms with Crippen molar-refractivity contribution in [2.75, 3.05) is 0 Å². The number of aromatic amines is 1. The minimum Gasteiger partial charge on any atom is -0.328 e. The van der Waals surface area contributed by atoms with Gasteiger partial charge in [-0.2, -0.15) is 0 Å². The second kappa shape index (κ2) is 2.60. The molecule has 0 aliphatic heterocycles. The van der Waals surface area contributed by atoms with Gasteiger partial charge in [0.1, 0.15) is 0 Å². The average molecular weight is 181 g/mol. The number of aromatic nitrogens is 2. The van der Waals surface area contributed by atoms with Crippen LogP contribution in [0.1, 0.15) is 0 Å². The monoisotopic (exact) mass is 180 g/mol. The molecule has 4 heteroatoms. The summed E-state index contributed by atoms with van der Waals surface area (Å²) in [5, 5.41) is 0.990. The van der Waals surface area contributed by atoms with Crippen LogP contribution in [0.5, 0.6) is 0 Å². The number of nitrogens with one attached hydrogen (secondary N) is 1. The average Bonchev–Trinajstić information content (AvgIpc) is 2.07. The third kappa shape index (κ3) is 1.08. The van der Waals surface area contributed by atoms with E-state index >= 15 is 0 Å². The zero-order valence-corrected chi connectivity index (χ0v) is 6.80. The topological polar surface area (TPSA) is 45.8 Å². The Labute approximate surface area is 73.0 Å². The van der Waals surface area contributed by atoms with Crippen LogP contribution in [0.3, 0.4) is 0 Å². The van der Waals surface area contributed by atoms with Crippen molar-refractivity contribution in [3.63, 3.8) is 0 Å². The van der Waals surface area contributed by atoms with Crippen molar-refractivity contribution in [1.82, 2.24) is 9.97 Å². The molecule has 60 valence electrons. The zero-order valence-electron chi connectivity index (χ0n) is 6.04. The molecule has 0 atom stereocenters. The summed E-state index contributed by atoms with van der Waals surface area (Å²) < 4.78 is 0. The van der Waals surface area contributed by atoms with E-state index in [1.807, 2.05) is 0 Å². The maximum absolute atomic E-state index is 11.2. The quantitative estimate of drug-likeness (QED) is 0.669. The number of halogens is 1. The van der Waals surface area contributed by atoms with Crippen LogP contribution in [-0.2, 0) is 0 Å². The van der Waals surface area contributed by atoms with Gasteiger partial charge in [-0.1, -0.05) is 11.6 Å². The van der Waals surface area contributed by atoms with Gasteiger partial charge < -0.3 is 4.98 Å². The molecule has 2 heterocycles. The molecule has 0 aromatic carbocycles. The van der Waals surface area contributed by atoms with Crippen molar-refractivity contribution >= 4 is 22.5 Å². The minimum absolute atomic E-state index is 0.164. The lowest BCUT2D eigenvalue weighted by Gasteiger charge is -1.94. The maximum atomic E-state index is 11.2. The minimum atomic E-state index is -0.164. The molecule has 0 aliphatic carbocycles. The Bertz CT molecular complexity index is 478. The van der Waals surface area contributed by atoms with E-state index in [1.165, 1.54) is 6.20 Å². The zero-order chi connectivity index (χ0) is 8.55. The molecule has 0 aliphatic rings. The van der Waals surface area contributed by atoms with E-state index in [1.54, 1.807) is 18.3 Å². The Kier molecular flexibility index (Phi) is 1.59. The molecule has 2 aromatic rings. The van der Waals surface area contributed by atoms with Gasteiger partial charge in [-0.15, -0.1) is 0 Å². The summed E-state index contributed by atoms with van der Waals surface area (Å²) in [5.41, 5.74) is 0.491. The van der Waals surface area contributed by atoms with Crippen molar-refractivity contribution in [2.45, 2.75) is 0 Å². The molecule has 0 radical (unpaired) electrons. The highest BCUT2D eigenvalue weighted by Gasteiger charge is 1.98. The fraction of sp³-hybridized carbons (Fsp3) is 0. The first-order chi connectivity index (χ1) is 5.77. The molecule has 2 aromatic heterocycles. The fourth-order valence-electron chi connectivity index (χ4n) is 1.04. The second-order valence-electron chi connectivity index (χ2n) is 2.39. The first-order valence-electron chi connectivity index (χ1n) is 3.40. The lowest BCUT2D eigenvalue weighted by atomic mass is 10.3. The predicted octanol–water partition coefficient (Wildman–Crippen LogP) is 1.58. The van der Waals surface area contributed by atoms with Crippen LogP contribution in [0.2, 0.25) is 5.02 Å². The summed E-state index contributed by atoms with van der Waals surface area (Å²) in [6, 6.07) is 3.33. The standard InChI is InChI=1S/C8H5ClN2O/c9-5-3-6-7(11-4-5)1-2-10-8(6)12/h1-4H,(H,10,12). The van der Waals surface area contributed by atoms with Gasteiger partial charge in [-0.3, -0.25) is 9.78 Å². The summed E-state index contributed by atoms with van der Waals surface area (Å²) in [7, 11) is 0. The second-order valence-corrected chi connectivity index (χ2v) is 2.83. The van der Waals surface area contributed by atoms with E-state index < -0.39 is 0 Å². The Balaban J connectivity index is 2.98. The molecule has 0 saturated heterocycles. The van der Waals surface area contributed by atoms with Gasteiger partial charge in [-0.25, -0.2) is 0 Å². The van der Waals surface area contributed by atoms with E-state index in [2.05, 4.69) is 9.97 Å². The van der Waals surface area contributed by atoms with Crippen molar-refractivity contribution in [3.8, 4) is 0 Å². The summed E-state index contributed by atoms with van der Waals surface area (Å²) in [4.78, 5) is 17.7. The van der Waals surface area contributed by atoms with Crippen LogP contribution in [-0.4, -0.2) is 9.97 Å². The first kappa shape index (κ1) is 7.31.